The van der Waals surface area contributed by atoms with E-state index in [-0.39, 0.29) is 6.61 Å². The van der Waals surface area contributed by atoms with E-state index in [1.54, 1.807) is 30.3 Å². The molecule has 0 bridgehead atoms. The van der Waals surface area contributed by atoms with Crippen LogP contribution < -0.4 is 14.9 Å². The molecular formula is C24H16Cl2N2O4. The molecule has 0 aliphatic carbocycles. The lowest BCUT2D eigenvalue weighted by Crippen LogP contribution is -2.42. The Labute approximate surface area is 193 Å². The smallest absolute Gasteiger partial charge is 0.284 e. The number of ether oxygens (including phenoxy) is 2. The van der Waals surface area contributed by atoms with Crippen LogP contribution >= 0.6 is 23.2 Å². The van der Waals surface area contributed by atoms with Crippen molar-refractivity contribution in [3.05, 3.63) is 82.5 Å². The molecule has 1 aromatic heterocycles. The number of hydrogen-bond donors (Lipinski definition) is 1. The van der Waals surface area contributed by atoms with Gasteiger partial charge in [-0.25, -0.2) is 5.43 Å². The third-order valence-electron chi connectivity index (χ3n) is 4.97. The molecule has 32 heavy (non-hydrogen) atoms. The summed E-state index contributed by atoms with van der Waals surface area (Å²) in [4.78, 5) is 12.5. The van der Waals surface area contributed by atoms with Crippen molar-refractivity contribution in [2.24, 2.45) is 5.10 Å². The van der Waals surface area contributed by atoms with E-state index in [1.165, 1.54) is 6.21 Å². The number of halogens is 2. The molecule has 1 aliphatic rings. The third-order valence-corrected chi connectivity index (χ3v) is 5.79. The monoisotopic (exact) mass is 466 g/mol. The van der Waals surface area contributed by atoms with Gasteiger partial charge < -0.3 is 13.9 Å². The number of carbonyl (C=O) groups is 1. The van der Waals surface area contributed by atoms with E-state index in [4.69, 9.17) is 37.1 Å². The Morgan fingerprint density at radius 3 is 2.59 bits per heavy atom. The quantitative estimate of drug-likeness (QED) is 0.309. The summed E-state index contributed by atoms with van der Waals surface area (Å²) in [5.74, 6) is 1.68. The summed E-state index contributed by atoms with van der Waals surface area (Å²) in [6.07, 6.45) is 0.573. The first-order valence-electron chi connectivity index (χ1n) is 9.78. The summed E-state index contributed by atoms with van der Waals surface area (Å²) in [6, 6.07) is 20.4. The van der Waals surface area contributed by atoms with E-state index in [1.807, 2.05) is 36.4 Å². The minimum atomic E-state index is -0.821. The average Bonchev–Trinajstić information content (AvgIpc) is 3.27. The molecule has 5 rings (SSSR count). The van der Waals surface area contributed by atoms with E-state index < -0.39 is 12.0 Å². The van der Waals surface area contributed by atoms with E-state index in [0.717, 1.165) is 10.8 Å². The van der Waals surface area contributed by atoms with Gasteiger partial charge in [0.1, 0.15) is 18.1 Å². The second-order valence-electron chi connectivity index (χ2n) is 7.10. The number of fused-ring (bicyclic) bond motifs is 2. The van der Waals surface area contributed by atoms with Gasteiger partial charge in [-0.15, -0.1) is 0 Å². The predicted molar refractivity (Wildman–Crippen MR) is 124 cm³/mol. The van der Waals surface area contributed by atoms with Crippen molar-refractivity contribution in [3.63, 3.8) is 0 Å². The molecule has 2 heterocycles. The predicted octanol–water partition coefficient (Wildman–Crippen LogP) is 5.70. The minimum absolute atomic E-state index is 0.0882. The Hall–Kier alpha value is -3.48. The summed E-state index contributed by atoms with van der Waals surface area (Å²) in [6.45, 7) is 0.0882. The fraction of sp³-hybridized carbons (Fsp3) is 0.0833. The van der Waals surface area contributed by atoms with Gasteiger partial charge in [-0.2, -0.15) is 5.10 Å². The molecule has 1 aliphatic heterocycles. The molecule has 160 valence electrons. The van der Waals surface area contributed by atoms with Crippen LogP contribution in [0.25, 0.3) is 22.1 Å². The van der Waals surface area contributed by atoms with Gasteiger partial charge >= 0.3 is 0 Å². The fourth-order valence-corrected chi connectivity index (χ4v) is 3.77. The van der Waals surface area contributed by atoms with Crippen LogP contribution in [-0.4, -0.2) is 24.8 Å². The van der Waals surface area contributed by atoms with Crippen molar-refractivity contribution in [2.45, 2.75) is 6.10 Å². The maximum atomic E-state index is 12.5. The first-order valence-corrected chi connectivity index (χ1v) is 10.5. The number of hydrogen-bond acceptors (Lipinski definition) is 5. The summed E-state index contributed by atoms with van der Waals surface area (Å²) >= 11 is 12.3. The summed E-state index contributed by atoms with van der Waals surface area (Å²) in [5, 5.41) is 6.84. The maximum Gasteiger partial charge on any atom is 0.284 e. The van der Waals surface area contributed by atoms with Crippen molar-refractivity contribution < 1.29 is 18.7 Å². The summed E-state index contributed by atoms with van der Waals surface area (Å²) < 4.78 is 17.3. The number of hydrazone groups is 1. The average molecular weight is 467 g/mol. The molecule has 1 amide bonds. The second-order valence-corrected chi connectivity index (χ2v) is 7.89. The largest absolute Gasteiger partial charge is 0.485 e. The molecule has 0 spiro atoms. The molecule has 1 N–H and O–H groups in total. The Morgan fingerprint density at radius 1 is 1.00 bits per heavy atom. The van der Waals surface area contributed by atoms with Gasteiger partial charge in [0.05, 0.1) is 16.3 Å². The molecule has 0 radical (unpaired) electrons. The third kappa shape index (κ3) is 4.02. The first kappa shape index (κ1) is 20.4. The number of nitrogens with zero attached hydrogens (tertiary/aromatic N) is 1. The Bertz CT molecular complexity index is 1350. The number of carbonyl (C=O) groups excluding carboxylic acids is 1. The Kier molecular flexibility index (Phi) is 5.47. The Morgan fingerprint density at radius 2 is 1.78 bits per heavy atom. The standard InChI is InChI=1S/C24H16Cl2N2O4/c25-18-7-3-6-17(23(18)26)19-9-8-16(31-19)12-27-28-24(29)22-13-30-20-10-14-4-1-2-5-15(14)11-21(20)32-22/h1-12,22H,13H2,(H,28,29)/b27-12-. The highest BCUT2D eigenvalue weighted by molar-refractivity contribution is 6.43. The van der Waals surface area contributed by atoms with Gasteiger partial charge in [-0.1, -0.05) is 53.5 Å². The lowest BCUT2D eigenvalue weighted by atomic mass is 10.1. The molecule has 0 saturated heterocycles. The van der Waals surface area contributed by atoms with Crippen molar-refractivity contribution in [3.8, 4) is 22.8 Å². The highest BCUT2D eigenvalue weighted by Crippen LogP contribution is 2.36. The SMILES string of the molecule is O=C(N/N=C\c1ccc(-c2cccc(Cl)c2Cl)o1)C1COc2cc3ccccc3cc2O1. The van der Waals surface area contributed by atoms with Crippen LogP contribution in [0.1, 0.15) is 5.76 Å². The van der Waals surface area contributed by atoms with Crippen molar-refractivity contribution in [2.75, 3.05) is 6.61 Å². The number of benzene rings is 3. The van der Waals surface area contributed by atoms with Crippen LogP contribution in [0, 0.1) is 0 Å². The molecule has 6 nitrogen and oxygen atoms in total. The maximum absolute atomic E-state index is 12.5. The number of amides is 1. The first-order chi connectivity index (χ1) is 15.6. The fourth-order valence-electron chi connectivity index (χ4n) is 3.38. The van der Waals surface area contributed by atoms with Crippen LogP contribution in [0.15, 0.2) is 76.2 Å². The van der Waals surface area contributed by atoms with Crippen LogP contribution in [0.2, 0.25) is 10.0 Å². The molecule has 0 saturated carbocycles. The van der Waals surface area contributed by atoms with Gasteiger partial charge in [-0.05, 0) is 47.2 Å². The molecule has 0 fully saturated rings. The van der Waals surface area contributed by atoms with Gasteiger partial charge in [0.25, 0.3) is 5.91 Å². The highest BCUT2D eigenvalue weighted by atomic mass is 35.5. The van der Waals surface area contributed by atoms with Crippen molar-refractivity contribution in [1.82, 2.24) is 5.43 Å². The van der Waals surface area contributed by atoms with Crippen LogP contribution in [0.5, 0.6) is 11.5 Å². The topological polar surface area (TPSA) is 73.1 Å². The molecule has 8 heteroatoms. The number of nitrogens with one attached hydrogen (secondary N) is 1. The Balaban J connectivity index is 1.24. The zero-order chi connectivity index (χ0) is 22.1. The van der Waals surface area contributed by atoms with Gasteiger partial charge in [0, 0.05) is 5.56 Å². The van der Waals surface area contributed by atoms with Crippen LogP contribution in [-0.2, 0) is 4.79 Å². The van der Waals surface area contributed by atoms with Gasteiger partial charge in [0.2, 0.25) is 6.10 Å². The second kappa shape index (κ2) is 8.57. The number of furan rings is 1. The molecular weight excluding hydrogens is 451 g/mol. The zero-order valence-electron chi connectivity index (χ0n) is 16.5. The summed E-state index contributed by atoms with van der Waals surface area (Å²) in [5.41, 5.74) is 3.13. The van der Waals surface area contributed by atoms with Crippen LogP contribution in [0.4, 0.5) is 0 Å². The van der Waals surface area contributed by atoms with Crippen LogP contribution in [0.3, 0.4) is 0 Å². The summed E-state index contributed by atoms with van der Waals surface area (Å²) in [7, 11) is 0. The molecule has 1 atom stereocenters. The van der Waals surface area contributed by atoms with Crippen molar-refractivity contribution >= 4 is 46.1 Å². The van der Waals surface area contributed by atoms with Gasteiger partial charge in [0.15, 0.2) is 11.5 Å². The zero-order valence-corrected chi connectivity index (χ0v) is 18.1. The van der Waals surface area contributed by atoms with E-state index in [0.29, 0.717) is 38.6 Å². The molecule has 3 aromatic carbocycles. The van der Waals surface area contributed by atoms with E-state index in [2.05, 4.69) is 10.5 Å². The van der Waals surface area contributed by atoms with Gasteiger partial charge in [-0.3, -0.25) is 4.79 Å². The molecule has 4 aromatic rings. The molecule has 1 unspecified atom stereocenters. The van der Waals surface area contributed by atoms with Crippen molar-refractivity contribution in [1.29, 1.82) is 0 Å². The van der Waals surface area contributed by atoms with E-state index in [9.17, 15) is 4.79 Å². The highest BCUT2D eigenvalue weighted by Gasteiger charge is 2.27. The normalized spacial score (nSPS) is 15.2. The minimum Gasteiger partial charge on any atom is -0.485 e. The number of rotatable bonds is 4. The van der Waals surface area contributed by atoms with E-state index >= 15 is 0 Å². The lowest BCUT2D eigenvalue weighted by molar-refractivity contribution is -0.130. The lowest BCUT2D eigenvalue weighted by Gasteiger charge is -2.25.